The molecule has 1 aliphatic heterocycles. The lowest BCUT2D eigenvalue weighted by Crippen LogP contribution is -2.50. The normalized spacial score (nSPS) is 15.8. The first-order valence-corrected chi connectivity index (χ1v) is 4.85. The lowest BCUT2D eigenvalue weighted by atomic mass is 10.2. The van der Waals surface area contributed by atoms with E-state index in [4.69, 9.17) is 0 Å². The van der Waals surface area contributed by atoms with Crippen LogP contribution in [0.5, 0.6) is 0 Å². The number of carbonyl (C=O) groups excluding carboxylic acids is 2. The van der Waals surface area contributed by atoms with E-state index >= 15 is 0 Å². The summed E-state index contributed by atoms with van der Waals surface area (Å²) in [4.78, 5) is 27.7. The molecule has 1 N–H and O–H groups in total. The summed E-state index contributed by atoms with van der Waals surface area (Å²) in [6.45, 7) is 0.833. The minimum atomic E-state index is -0.702. The molecule has 0 radical (unpaired) electrons. The van der Waals surface area contributed by atoms with Crippen LogP contribution in [0.15, 0.2) is 18.2 Å². The molecule has 0 atom stereocenters. The Morgan fingerprint density at radius 2 is 2.31 bits per heavy atom. The molecule has 2 rings (SSSR count). The number of nitrogens with one attached hydrogen (secondary N) is 1. The second-order valence-electron chi connectivity index (χ2n) is 3.42. The molecule has 6 heteroatoms. The maximum Gasteiger partial charge on any atom is 0.273 e. The van der Waals surface area contributed by atoms with Gasteiger partial charge >= 0.3 is 0 Å². The summed E-state index contributed by atoms with van der Waals surface area (Å²) >= 11 is 0. The number of carbonyl (C=O) groups is 2. The molecule has 0 bridgehead atoms. The second-order valence-corrected chi connectivity index (χ2v) is 3.42. The highest BCUT2D eigenvalue weighted by atomic mass is 19.1. The van der Waals surface area contributed by atoms with Gasteiger partial charge in [0.15, 0.2) is 0 Å². The number of amides is 2. The van der Waals surface area contributed by atoms with Gasteiger partial charge in [-0.05, 0) is 12.1 Å². The van der Waals surface area contributed by atoms with Gasteiger partial charge in [-0.2, -0.15) is 4.39 Å². The number of piperazine rings is 1. The van der Waals surface area contributed by atoms with Gasteiger partial charge in [-0.3, -0.25) is 9.59 Å². The Labute approximate surface area is 91.3 Å². The van der Waals surface area contributed by atoms with Crippen LogP contribution >= 0.6 is 0 Å². The van der Waals surface area contributed by atoms with Gasteiger partial charge in [0.1, 0.15) is 5.69 Å². The molecule has 1 saturated heterocycles. The van der Waals surface area contributed by atoms with Crippen molar-refractivity contribution in [3.05, 3.63) is 29.8 Å². The molecule has 1 aliphatic rings. The molecule has 2 amide bonds. The average Bonchev–Trinajstić information content (AvgIpc) is 2.28. The predicted molar refractivity (Wildman–Crippen MR) is 53.1 cm³/mol. The van der Waals surface area contributed by atoms with Crippen molar-refractivity contribution in [3.8, 4) is 0 Å². The average molecular weight is 223 g/mol. The third-order valence-corrected chi connectivity index (χ3v) is 2.26. The number of halogens is 1. The Morgan fingerprint density at radius 3 is 3.00 bits per heavy atom. The minimum absolute atomic E-state index is 0.00295. The van der Waals surface area contributed by atoms with Crippen molar-refractivity contribution in [2.75, 3.05) is 19.6 Å². The van der Waals surface area contributed by atoms with E-state index in [1.165, 1.54) is 23.1 Å². The SMILES string of the molecule is O=C1CN(C(=O)c2cccc(F)n2)CCN1. The summed E-state index contributed by atoms with van der Waals surface area (Å²) in [5.41, 5.74) is 0.0229. The van der Waals surface area contributed by atoms with Crippen molar-refractivity contribution < 1.29 is 14.0 Å². The van der Waals surface area contributed by atoms with E-state index in [1.54, 1.807) is 0 Å². The summed E-state index contributed by atoms with van der Waals surface area (Å²) in [6, 6.07) is 4.01. The van der Waals surface area contributed by atoms with Gasteiger partial charge in [-0.1, -0.05) is 6.07 Å². The minimum Gasteiger partial charge on any atom is -0.353 e. The number of aromatic nitrogens is 1. The maximum atomic E-state index is 12.8. The molecule has 1 fully saturated rings. The Balaban J connectivity index is 2.15. The zero-order valence-corrected chi connectivity index (χ0v) is 8.44. The van der Waals surface area contributed by atoms with Crippen LogP contribution in [0.25, 0.3) is 0 Å². The lowest BCUT2D eigenvalue weighted by Gasteiger charge is -2.26. The molecule has 0 aromatic carbocycles. The van der Waals surface area contributed by atoms with Crippen LogP contribution in [-0.4, -0.2) is 41.3 Å². The number of rotatable bonds is 1. The Kier molecular flexibility index (Phi) is 2.80. The predicted octanol–water partition coefficient (Wildman–Crippen LogP) is -0.207. The van der Waals surface area contributed by atoms with Crippen molar-refractivity contribution >= 4 is 11.8 Å². The van der Waals surface area contributed by atoms with Crippen molar-refractivity contribution in [2.24, 2.45) is 0 Å². The Morgan fingerprint density at radius 1 is 1.50 bits per heavy atom. The van der Waals surface area contributed by atoms with Crippen LogP contribution in [0.3, 0.4) is 0 Å². The van der Waals surface area contributed by atoms with E-state index in [-0.39, 0.29) is 18.1 Å². The summed E-state index contributed by atoms with van der Waals surface area (Å²) in [5.74, 6) is -1.34. The molecule has 0 saturated carbocycles. The summed E-state index contributed by atoms with van der Waals surface area (Å²) in [7, 11) is 0. The van der Waals surface area contributed by atoms with E-state index < -0.39 is 11.9 Å². The largest absolute Gasteiger partial charge is 0.353 e. The molecule has 1 aromatic rings. The summed E-state index contributed by atoms with van der Waals surface area (Å²) in [6.07, 6.45) is 0. The smallest absolute Gasteiger partial charge is 0.273 e. The van der Waals surface area contributed by atoms with Crippen molar-refractivity contribution in [1.29, 1.82) is 0 Å². The van der Waals surface area contributed by atoms with Crippen molar-refractivity contribution in [1.82, 2.24) is 15.2 Å². The number of hydrogen-bond acceptors (Lipinski definition) is 3. The van der Waals surface area contributed by atoms with Crippen molar-refractivity contribution in [2.45, 2.75) is 0 Å². The standard InChI is InChI=1S/C10H10FN3O2/c11-8-3-1-2-7(13-8)10(16)14-5-4-12-9(15)6-14/h1-3H,4-6H2,(H,12,15). The molecule has 0 aliphatic carbocycles. The van der Waals surface area contributed by atoms with Gasteiger partial charge in [0.25, 0.3) is 5.91 Å². The molecule has 0 spiro atoms. The monoisotopic (exact) mass is 223 g/mol. The van der Waals surface area contributed by atoms with Crippen LogP contribution in [0, 0.1) is 5.95 Å². The molecule has 0 unspecified atom stereocenters. The number of nitrogens with zero attached hydrogens (tertiary/aromatic N) is 2. The van der Waals surface area contributed by atoms with Crippen LogP contribution in [0.1, 0.15) is 10.5 Å². The third kappa shape index (κ3) is 2.16. The zero-order chi connectivity index (χ0) is 11.5. The topological polar surface area (TPSA) is 62.3 Å². The van der Waals surface area contributed by atoms with Crippen molar-refractivity contribution in [3.63, 3.8) is 0 Å². The molecule has 16 heavy (non-hydrogen) atoms. The molecule has 5 nitrogen and oxygen atoms in total. The Hall–Kier alpha value is -1.98. The first-order chi connectivity index (χ1) is 7.66. The second kappa shape index (κ2) is 4.26. The van der Waals surface area contributed by atoms with Crippen LogP contribution in [0.2, 0.25) is 0 Å². The fourth-order valence-electron chi connectivity index (χ4n) is 1.50. The summed E-state index contributed by atoms with van der Waals surface area (Å²) < 4.78 is 12.8. The van der Waals surface area contributed by atoms with Gasteiger partial charge in [0, 0.05) is 13.1 Å². The van der Waals surface area contributed by atoms with E-state index in [2.05, 4.69) is 10.3 Å². The van der Waals surface area contributed by atoms with Gasteiger partial charge in [0.2, 0.25) is 11.9 Å². The highest BCUT2D eigenvalue weighted by Gasteiger charge is 2.23. The highest BCUT2D eigenvalue weighted by Crippen LogP contribution is 2.04. The first kappa shape index (κ1) is 10.5. The van der Waals surface area contributed by atoms with Crippen LogP contribution in [0.4, 0.5) is 4.39 Å². The quantitative estimate of drug-likeness (QED) is 0.670. The zero-order valence-electron chi connectivity index (χ0n) is 8.44. The van der Waals surface area contributed by atoms with E-state index in [0.717, 1.165) is 0 Å². The molecule has 1 aromatic heterocycles. The third-order valence-electron chi connectivity index (χ3n) is 2.26. The fraction of sp³-hybridized carbons (Fsp3) is 0.300. The van der Waals surface area contributed by atoms with E-state index in [0.29, 0.717) is 13.1 Å². The van der Waals surface area contributed by atoms with Gasteiger partial charge in [-0.25, -0.2) is 4.98 Å². The lowest BCUT2D eigenvalue weighted by molar-refractivity contribution is -0.123. The van der Waals surface area contributed by atoms with Crippen LogP contribution in [-0.2, 0) is 4.79 Å². The molecule has 2 heterocycles. The van der Waals surface area contributed by atoms with E-state index in [1.807, 2.05) is 0 Å². The highest BCUT2D eigenvalue weighted by molar-refractivity contribution is 5.95. The summed E-state index contributed by atoms with van der Waals surface area (Å²) in [5, 5.41) is 2.60. The molecular formula is C10H10FN3O2. The van der Waals surface area contributed by atoms with Gasteiger partial charge in [0.05, 0.1) is 6.54 Å². The fourth-order valence-corrected chi connectivity index (χ4v) is 1.50. The van der Waals surface area contributed by atoms with Crippen LogP contribution < -0.4 is 5.32 Å². The van der Waals surface area contributed by atoms with Gasteiger partial charge in [-0.15, -0.1) is 0 Å². The van der Waals surface area contributed by atoms with Gasteiger partial charge < -0.3 is 10.2 Å². The first-order valence-electron chi connectivity index (χ1n) is 4.85. The number of pyridine rings is 1. The molecule has 84 valence electrons. The maximum absolute atomic E-state index is 12.8. The Bertz CT molecular complexity index is 436. The van der Waals surface area contributed by atoms with E-state index in [9.17, 15) is 14.0 Å². The molecular weight excluding hydrogens is 213 g/mol. The number of hydrogen-bond donors (Lipinski definition) is 1.